The number of aryl methyl sites for hydroxylation is 1. The van der Waals surface area contributed by atoms with Crippen LogP contribution >= 0.6 is 0 Å². The van der Waals surface area contributed by atoms with E-state index >= 15 is 0 Å². The molecule has 0 heterocycles. The van der Waals surface area contributed by atoms with Crippen molar-refractivity contribution in [1.29, 1.82) is 0 Å². The average molecular weight is 505 g/mol. The number of ether oxygens (including phenoxy) is 1. The summed E-state index contributed by atoms with van der Waals surface area (Å²) in [5.74, 6) is -0.820. The maximum Gasteiger partial charge on any atom is 0.323 e. The van der Waals surface area contributed by atoms with Crippen molar-refractivity contribution in [2.24, 2.45) is 5.73 Å². The molecule has 3 aromatic rings. The summed E-state index contributed by atoms with van der Waals surface area (Å²) >= 11 is 0. The number of rotatable bonds is 7. The van der Waals surface area contributed by atoms with Crippen LogP contribution in [0.4, 0.5) is 5.69 Å². The zero-order chi connectivity index (χ0) is 26.2. The first-order valence-corrected chi connectivity index (χ1v) is 11.5. The van der Waals surface area contributed by atoms with Gasteiger partial charge in [0.25, 0.3) is 15.8 Å². The Morgan fingerprint density at radius 2 is 1.60 bits per heavy atom. The molecule has 0 saturated carbocycles. The number of nitrogens with zero attached hydrogens (tertiary/aromatic N) is 1. The van der Waals surface area contributed by atoms with Crippen LogP contribution < -0.4 is 5.73 Å². The third-order valence-electron chi connectivity index (χ3n) is 4.70. The van der Waals surface area contributed by atoms with Gasteiger partial charge in [-0.3, -0.25) is 19.5 Å². The van der Waals surface area contributed by atoms with E-state index in [4.69, 9.17) is 15.0 Å². The Kier molecular flexibility index (Phi) is 9.28. The highest BCUT2D eigenvalue weighted by molar-refractivity contribution is 7.86. The summed E-state index contributed by atoms with van der Waals surface area (Å²) < 4.78 is 34.9. The zero-order valence-corrected chi connectivity index (χ0v) is 19.4. The first-order chi connectivity index (χ1) is 16.4. The van der Waals surface area contributed by atoms with Crippen molar-refractivity contribution in [2.45, 2.75) is 30.9 Å². The smallest absolute Gasteiger partial charge is 0.323 e. The van der Waals surface area contributed by atoms with Crippen LogP contribution in [0.25, 0.3) is 0 Å². The summed E-state index contributed by atoms with van der Waals surface area (Å²) in [5.41, 5.74) is 7.62. The fraction of sp³-hybridized carbons (Fsp3) is 0.174. The van der Waals surface area contributed by atoms with E-state index in [1.54, 1.807) is 25.1 Å². The Labute approximate surface area is 201 Å². The maximum absolute atomic E-state index is 11.9. The molecule has 0 fully saturated rings. The molecule has 0 saturated heterocycles. The van der Waals surface area contributed by atoms with Crippen LogP contribution in [0.5, 0.6) is 11.5 Å². The van der Waals surface area contributed by atoms with Crippen molar-refractivity contribution in [3.63, 3.8) is 0 Å². The number of carbonyl (C=O) groups is 1. The normalized spacial score (nSPS) is 11.6. The van der Waals surface area contributed by atoms with Gasteiger partial charge in [0.1, 0.15) is 29.0 Å². The molecule has 5 N–H and O–H groups in total. The highest BCUT2D eigenvalue weighted by Gasteiger charge is 2.17. The van der Waals surface area contributed by atoms with E-state index < -0.39 is 37.7 Å². The molecular weight excluding hydrogens is 480 g/mol. The minimum Gasteiger partial charge on any atom is -0.508 e. The fourth-order valence-electron chi connectivity index (χ4n) is 2.78. The SMILES string of the molecule is Cc1cccc(S(=O)(=O)O)c1O.N[C@@H](Cc1ccc(O)cc1)C(=O)OCc1ccc([N+](=O)[O-])cc1. The summed E-state index contributed by atoms with van der Waals surface area (Å²) in [6.45, 7) is 1.55. The lowest BCUT2D eigenvalue weighted by atomic mass is 10.1. The molecular formula is C23H24N2O9S. The Balaban J connectivity index is 0.000000303. The number of phenols is 2. The van der Waals surface area contributed by atoms with Crippen LogP contribution in [0.2, 0.25) is 0 Å². The number of hydrogen-bond donors (Lipinski definition) is 4. The molecule has 0 unspecified atom stereocenters. The number of nitro groups is 1. The van der Waals surface area contributed by atoms with Gasteiger partial charge in [-0.15, -0.1) is 0 Å². The quantitative estimate of drug-likeness (QED) is 0.161. The minimum absolute atomic E-state index is 0.000105. The number of phenolic OH excluding ortho intramolecular Hbond substituents is 2. The van der Waals surface area contributed by atoms with E-state index in [9.17, 15) is 33.5 Å². The molecule has 0 aromatic heterocycles. The number of para-hydroxylation sites is 1. The summed E-state index contributed by atoms with van der Waals surface area (Å²) in [6.07, 6.45) is 0.291. The number of carbonyl (C=O) groups excluding carboxylic acids is 1. The van der Waals surface area contributed by atoms with Crippen molar-refractivity contribution < 1.29 is 37.6 Å². The lowest BCUT2D eigenvalue weighted by Crippen LogP contribution is -2.34. The van der Waals surface area contributed by atoms with E-state index in [0.29, 0.717) is 17.5 Å². The number of hydrogen-bond acceptors (Lipinski definition) is 9. The van der Waals surface area contributed by atoms with Gasteiger partial charge in [-0.2, -0.15) is 8.42 Å². The van der Waals surface area contributed by atoms with Crippen molar-refractivity contribution in [3.05, 3.63) is 93.5 Å². The van der Waals surface area contributed by atoms with Crippen molar-refractivity contribution >= 4 is 21.8 Å². The molecule has 3 rings (SSSR count). The highest BCUT2D eigenvalue weighted by atomic mass is 32.2. The summed E-state index contributed by atoms with van der Waals surface area (Å²) in [5, 5.41) is 28.9. The van der Waals surface area contributed by atoms with Gasteiger partial charge in [0.2, 0.25) is 0 Å². The number of nitrogens with two attached hydrogens (primary N) is 1. The third kappa shape index (κ3) is 8.37. The van der Waals surface area contributed by atoms with Gasteiger partial charge in [-0.25, -0.2) is 0 Å². The molecule has 0 aliphatic carbocycles. The molecule has 1 atom stereocenters. The van der Waals surface area contributed by atoms with Crippen LogP contribution in [0, 0.1) is 17.0 Å². The van der Waals surface area contributed by atoms with Crippen LogP contribution in [0.3, 0.4) is 0 Å². The van der Waals surface area contributed by atoms with Gasteiger partial charge in [0.15, 0.2) is 0 Å². The van der Waals surface area contributed by atoms with Gasteiger partial charge in [-0.1, -0.05) is 24.3 Å². The van der Waals surface area contributed by atoms with Gasteiger partial charge >= 0.3 is 5.97 Å². The lowest BCUT2D eigenvalue weighted by molar-refractivity contribution is -0.384. The molecule has 0 aliphatic rings. The predicted molar refractivity (Wildman–Crippen MR) is 125 cm³/mol. The second-order valence-corrected chi connectivity index (χ2v) is 8.80. The number of aromatic hydroxyl groups is 2. The second-order valence-electron chi connectivity index (χ2n) is 7.41. The largest absolute Gasteiger partial charge is 0.508 e. The first kappa shape index (κ1) is 27.2. The second kappa shape index (κ2) is 11.9. The van der Waals surface area contributed by atoms with Crippen molar-refractivity contribution in [2.75, 3.05) is 0 Å². The molecule has 35 heavy (non-hydrogen) atoms. The number of non-ortho nitro benzene ring substituents is 1. The Morgan fingerprint density at radius 3 is 2.11 bits per heavy atom. The van der Waals surface area contributed by atoms with Gasteiger partial charge < -0.3 is 20.7 Å². The number of benzene rings is 3. The zero-order valence-electron chi connectivity index (χ0n) is 18.6. The van der Waals surface area contributed by atoms with E-state index in [2.05, 4.69) is 0 Å². The molecule has 186 valence electrons. The van der Waals surface area contributed by atoms with Crippen molar-refractivity contribution in [3.8, 4) is 11.5 Å². The monoisotopic (exact) mass is 504 g/mol. The summed E-state index contributed by atoms with van der Waals surface area (Å²) in [7, 11) is -4.31. The van der Waals surface area contributed by atoms with Gasteiger partial charge in [0, 0.05) is 12.1 Å². The molecule has 12 heteroatoms. The highest BCUT2D eigenvalue weighted by Crippen LogP contribution is 2.25. The summed E-state index contributed by atoms with van der Waals surface area (Å²) in [6, 6.07) is 15.4. The maximum atomic E-state index is 11.9. The number of nitro benzene ring substituents is 1. The first-order valence-electron chi connectivity index (χ1n) is 10.1. The molecule has 3 aromatic carbocycles. The minimum atomic E-state index is -4.31. The molecule has 0 radical (unpaired) electrons. The van der Waals surface area contributed by atoms with Crippen LogP contribution in [-0.2, 0) is 32.7 Å². The molecule has 0 amide bonds. The van der Waals surface area contributed by atoms with Crippen LogP contribution in [-0.4, -0.2) is 40.1 Å². The van der Waals surface area contributed by atoms with E-state index in [-0.39, 0.29) is 18.0 Å². The van der Waals surface area contributed by atoms with E-state index in [0.717, 1.165) is 11.6 Å². The third-order valence-corrected chi connectivity index (χ3v) is 5.59. The Morgan fingerprint density at radius 1 is 1.03 bits per heavy atom. The Hall–Kier alpha value is -4.00. The van der Waals surface area contributed by atoms with Crippen LogP contribution in [0.15, 0.2) is 71.6 Å². The predicted octanol–water partition coefficient (Wildman–Crippen LogP) is 2.86. The molecule has 0 aliphatic heterocycles. The Bertz CT molecular complexity index is 1280. The average Bonchev–Trinajstić information content (AvgIpc) is 2.80. The standard InChI is InChI=1S/C16H16N2O5.C7H8O4S/c17-15(9-11-3-7-14(19)8-4-11)16(20)23-10-12-1-5-13(6-2-12)18(21)22;1-5-3-2-4-6(7(5)8)12(9,10)11/h1-8,15,19H,9-10,17H2;2-4,8H,1H3,(H,9,10,11)/t15-;/m0./s1. The molecule has 0 spiro atoms. The molecule has 11 nitrogen and oxygen atoms in total. The van der Waals surface area contributed by atoms with Crippen molar-refractivity contribution in [1.82, 2.24) is 0 Å². The van der Waals surface area contributed by atoms with Gasteiger partial charge in [0.05, 0.1) is 4.92 Å². The van der Waals surface area contributed by atoms with Gasteiger partial charge in [-0.05, 0) is 60.4 Å². The van der Waals surface area contributed by atoms with Crippen LogP contribution in [0.1, 0.15) is 16.7 Å². The fourth-order valence-corrected chi connectivity index (χ4v) is 3.44. The summed E-state index contributed by atoms with van der Waals surface area (Å²) in [4.78, 5) is 21.5. The lowest BCUT2D eigenvalue weighted by Gasteiger charge is -2.11. The number of esters is 1. The van der Waals surface area contributed by atoms with E-state index in [1.807, 2.05) is 0 Å². The topological polar surface area (TPSA) is 190 Å². The van der Waals surface area contributed by atoms with E-state index in [1.165, 1.54) is 42.5 Å². The molecule has 0 bridgehead atoms.